The van der Waals surface area contributed by atoms with Gasteiger partial charge in [0.1, 0.15) is 17.7 Å². The van der Waals surface area contributed by atoms with Crippen molar-refractivity contribution in [3.63, 3.8) is 0 Å². The number of nitrogens with two attached hydrogens (primary N) is 1. The van der Waals surface area contributed by atoms with Crippen LogP contribution >= 0.6 is 0 Å². The van der Waals surface area contributed by atoms with Crippen molar-refractivity contribution in [2.45, 2.75) is 78.1 Å². The molecule has 0 radical (unpaired) electrons. The zero-order valence-corrected chi connectivity index (χ0v) is 25.1. The van der Waals surface area contributed by atoms with Gasteiger partial charge in [0.2, 0.25) is 11.8 Å². The number of nitrogens with zero attached hydrogens (tertiary/aromatic N) is 1. The van der Waals surface area contributed by atoms with Gasteiger partial charge in [-0.2, -0.15) is 0 Å². The van der Waals surface area contributed by atoms with Crippen LogP contribution in [-0.2, 0) is 19.1 Å². The number of alkyl carbamates (subject to hydrolysis) is 1. The number of hydrogen-bond donors (Lipinski definition) is 3. The second-order valence-corrected chi connectivity index (χ2v) is 12.2. The molecule has 4 atom stereocenters. The van der Waals surface area contributed by atoms with Crippen LogP contribution in [0.2, 0.25) is 0 Å². The minimum Gasteiger partial charge on any atom is -0.444 e. The van der Waals surface area contributed by atoms with Gasteiger partial charge in [-0.15, -0.1) is 0 Å². The van der Waals surface area contributed by atoms with Crippen LogP contribution in [0.1, 0.15) is 63.3 Å². The molecule has 0 aromatic heterocycles. The van der Waals surface area contributed by atoms with E-state index < -0.39 is 47.9 Å². The van der Waals surface area contributed by atoms with Crippen molar-refractivity contribution in [2.75, 3.05) is 5.32 Å². The quantitative estimate of drug-likeness (QED) is 0.327. The number of carbonyl (C=O) groups excluding carboxylic acids is 4. The number of nitrogens with one attached hydrogen (secondary N) is 2. The van der Waals surface area contributed by atoms with Crippen LogP contribution in [0.25, 0.3) is 10.8 Å². The van der Waals surface area contributed by atoms with Crippen molar-refractivity contribution in [1.82, 2.24) is 10.2 Å². The molecular weight excluding hydrogens is 532 g/mol. The number of carbonyl (C=O) groups is 4. The first kappa shape index (κ1) is 30.6. The van der Waals surface area contributed by atoms with Gasteiger partial charge < -0.3 is 26.0 Å². The smallest absolute Gasteiger partial charge is 0.408 e. The molecule has 4 N–H and O–H groups in total. The molecule has 0 saturated heterocycles. The number of fused-ring (bicyclic) bond motifs is 1. The van der Waals surface area contributed by atoms with Crippen LogP contribution < -0.4 is 16.4 Å². The Labute approximate surface area is 246 Å². The predicted octanol–water partition coefficient (Wildman–Crippen LogP) is 5.14. The van der Waals surface area contributed by atoms with Gasteiger partial charge in [0.25, 0.3) is 5.91 Å². The maximum absolute atomic E-state index is 14.3. The molecule has 0 spiro atoms. The van der Waals surface area contributed by atoms with Gasteiger partial charge in [0.05, 0.1) is 6.42 Å². The van der Waals surface area contributed by atoms with E-state index in [2.05, 4.69) is 10.6 Å². The van der Waals surface area contributed by atoms with Crippen molar-refractivity contribution >= 4 is 40.3 Å². The van der Waals surface area contributed by atoms with Gasteiger partial charge in [-0.3, -0.25) is 14.4 Å². The topological polar surface area (TPSA) is 131 Å². The first-order chi connectivity index (χ1) is 19.7. The van der Waals surface area contributed by atoms with E-state index in [9.17, 15) is 19.2 Å². The van der Waals surface area contributed by atoms with Crippen molar-refractivity contribution in [3.05, 3.63) is 77.4 Å². The third-order valence-corrected chi connectivity index (χ3v) is 7.46. The lowest BCUT2D eigenvalue weighted by Crippen LogP contribution is -2.54. The van der Waals surface area contributed by atoms with E-state index >= 15 is 0 Å². The van der Waals surface area contributed by atoms with E-state index in [1.807, 2.05) is 81.4 Å². The molecule has 0 aliphatic heterocycles. The molecule has 222 valence electrons. The summed E-state index contributed by atoms with van der Waals surface area (Å²) in [5, 5.41) is 7.55. The van der Waals surface area contributed by atoms with Crippen molar-refractivity contribution in [3.8, 4) is 0 Å². The summed E-state index contributed by atoms with van der Waals surface area (Å²) in [7, 11) is 0. The van der Waals surface area contributed by atoms with E-state index in [4.69, 9.17) is 10.5 Å². The zero-order chi connectivity index (χ0) is 30.8. The van der Waals surface area contributed by atoms with Crippen molar-refractivity contribution in [2.24, 2.45) is 11.7 Å². The Hall–Kier alpha value is -4.40. The second kappa shape index (κ2) is 12.2. The summed E-state index contributed by atoms with van der Waals surface area (Å²) in [6.07, 6.45) is -0.623. The fourth-order valence-corrected chi connectivity index (χ4v) is 5.05. The Morgan fingerprint density at radius 1 is 0.976 bits per heavy atom. The third kappa shape index (κ3) is 7.46. The number of ether oxygens (including phenoxy) is 1. The fourth-order valence-electron chi connectivity index (χ4n) is 5.05. The van der Waals surface area contributed by atoms with E-state index in [-0.39, 0.29) is 12.0 Å². The van der Waals surface area contributed by atoms with Crippen LogP contribution in [0.15, 0.2) is 60.7 Å². The molecule has 1 saturated carbocycles. The van der Waals surface area contributed by atoms with Crippen LogP contribution in [0.3, 0.4) is 0 Å². The lowest BCUT2D eigenvalue weighted by molar-refractivity contribution is -0.142. The first-order valence-corrected chi connectivity index (χ1v) is 14.2. The molecule has 4 rings (SSSR count). The molecule has 9 heteroatoms. The molecule has 3 aromatic rings. The van der Waals surface area contributed by atoms with E-state index in [1.54, 1.807) is 20.8 Å². The van der Waals surface area contributed by atoms with E-state index in [1.165, 1.54) is 4.90 Å². The molecule has 4 unspecified atom stereocenters. The van der Waals surface area contributed by atoms with Gasteiger partial charge in [-0.1, -0.05) is 55.5 Å². The normalized spacial score (nSPS) is 17.6. The number of hydrogen-bond acceptors (Lipinski definition) is 5. The molecule has 1 aliphatic rings. The van der Waals surface area contributed by atoms with Gasteiger partial charge in [0, 0.05) is 11.7 Å². The molecule has 1 fully saturated rings. The van der Waals surface area contributed by atoms with E-state index in [0.29, 0.717) is 17.7 Å². The molecule has 0 heterocycles. The number of rotatable bonds is 9. The van der Waals surface area contributed by atoms with Crippen LogP contribution in [0.4, 0.5) is 10.5 Å². The molecule has 4 amide bonds. The minimum absolute atomic E-state index is 0.118. The van der Waals surface area contributed by atoms with Gasteiger partial charge in [-0.05, 0) is 86.6 Å². The maximum Gasteiger partial charge on any atom is 0.408 e. The summed E-state index contributed by atoms with van der Waals surface area (Å²) in [6, 6.07) is 16.5. The molecule has 9 nitrogen and oxygen atoms in total. The Morgan fingerprint density at radius 2 is 1.64 bits per heavy atom. The number of primary amides is 1. The highest BCUT2D eigenvalue weighted by atomic mass is 16.6. The van der Waals surface area contributed by atoms with Crippen LogP contribution in [-0.4, -0.2) is 46.4 Å². The van der Waals surface area contributed by atoms with Gasteiger partial charge in [0.15, 0.2) is 0 Å². The highest BCUT2D eigenvalue weighted by Crippen LogP contribution is 2.41. The average molecular weight is 573 g/mol. The second-order valence-electron chi connectivity index (χ2n) is 12.2. The summed E-state index contributed by atoms with van der Waals surface area (Å²) in [4.78, 5) is 54.7. The van der Waals surface area contributed by atoms with Crippen LogP contribution in [0.5, 0.6) is 0 Å². The fraction of sp³-hybridized carbons (Fsp3) is 0.394. The average Bonchev–Trinajstić information content (AvgIpc) is 3.62. The van der Waals surface area contributed by atoms with Gasteiger partial charge >= 0.3 is 6.09 Å². The first-order valence-electron chi connectivity index (χ1n) is 14.2. The largest absolute Gasteiger partial charge is 0.444 e. The molecule has 42 heavy (non-hydrogen) atoms. The highest BCUT2D eigenvalue weighted by molar-refractivity contribution is 6.01. The molecule has 0 bridgehead atoms. The summed E-state index contributed by atoms with van der Waals surface area (Å²) in [6.45, 7) is 11.0. The summed E-state index contributed by atoms with van der Waals surface area (Å²) in [5.41, 5.74) is 7.90. The van der Waals surface area contributed by atoms with Crippen molar-refractivity contribution < 1.29 is 23.9 Å². The number of anilines is 1. The zero-order valence-electron chi connectivity index (χ0n) is 25.1. The van der Waals surface area contributed by atoms with E-state index in [0.717, 1.165) is 21.9 Å². The number of amides is 4. The highest BCUT2D eigenvalue weighted by Gasteiger charge is 2.48. The van der Waals surface area contributed by atoms with Crippen LogP contribution in [0, 0.1) is 19.8 Å². The minimum atomic E-state index is -1.31. The maximum atomic E-state index is 14.3. The number of benzene rings is 3. The lowest BCUT2D eigenvalue weighted by Gasteiger charge is -2.35. The Morgan fingerprint density at radius 3 is 2.24 bits per heavy atom. The van der Waals surface area contributed by atoms with Gasteiger partial charge in [-0.25, -0.2) is 4.79 Å². The molecule has 1 aliphatic carbocycles. The summed E-state index contributed by atoms with van der Waals surface area (Å²) < 4.78 is 5.36. The Bertz CT molecular complexity index is 1510. The standard InChI is InChI=1S/C33H40N4O5/c1-19-11-12-24(15-20(19)2)29(30(39)35-25-14-13-22-9-7-8-10-23(22)17-25)37(27-16-21(27)3)31(40)26(18-28(34)38)36-32(41)42-33(4,5)6/h7-15,17,21,26-27,29H,16,18H2,1-6H3,(H2,34,38)(H,35,39)(H,36,41). The monoisotopic (exact) mass is 572 g/mol. The summed E-state index contributed by atoms with van der Waals surface area (Å²) in [5.74, 6) is -1.63. The third-order valence-electron chi connectivity index (χ3n) is 7.46. The summed E-state index contributed by atoms with van der Waals surface area (Å²) >= 11 is 0. The lowest BCUT2D eigenvalue weighted by atomic mass is 9.97. The Kier molecular flexibility index (Phi) is 8.89. The van der Waals surface area contributed by atoms with Crippen molar-refractivity contribution in [1.29, 1.82) is 0 Å². The Balaban J connectivity index is 1.74. The number of aryl methyl sites for hydroxylation is 2. The molecular formula is C33H40N4O5. The predicted molar refractivity (Wildman–Crippen MR) is 163 cm³/mol. The SMILES string of the molecule is Cc1ccc(C(C(=O)Nc2ccc3ccccc3c2)N(C(=O)C(CC(N)=O)NC(=O)OC(C)(C)C)C2CC2C)cc1C. The molecule has 3 aromatic carbocycles.